The number of amides is 1. The Morgan fingerprint density at radius 1 is 1.57 bits per heavy atom. The summed E-state index contributed by atoms with van der Waals surface area (Å²) >= 11 is 0. The second-order valence-corrected chi connectivity index (χ2v) is 5.33. The van der Waals surface area contributed by atoms with Crippen molar-refractivity contribution in [3.63, 3.8) is 0 Å². The molecule has 0 aliphatic carbocycles. The molecular weight excluding hydrogens is 274 g/mol. The number of carboxylic acid groups (broad SMARTS) is 1. The van der Waals surface area contributed by atoms with Crippen molar-refractivity contribution < 1.29 is 19.4 Å². The van der Waals surface area contributed by atoms with E-state index in [4.69, 9.17) is 9.84 Å². The molecule has 0 radical (unpaired) electrons. The summed E-state index contributed by atoms with van der Waals surface area (Å²) in [5, 5.41) is 13.0. The van der Waals surface area contributed by atoms with Crippen LogP contribution >= 0.6 is 0 Å². The van der Waals surface area contributed by atoms with Gasteiger partial charge in [0, 0.05) is 32.9 Å². The van der Waals surface area contributed by atoms with Gasteiger partial charge < -0.3 is 14.7 Å². The molecule has 1 aromatic heterocycles. The fourth-order valence-electron chi connectivity index (χ4n) is 2.52. The zero-order chi connectivity index (χ0) is 15.4. The van der Waals surface area contributed by atoms with Crippen LogP contribution in [0.5, 0.6) is 0 Å². The van der Waals surface area contributed by atoms with Gasteiger partial charge in [0.1, 0.15) is 0 Å². The van der Waals surface area contributed by atoms with Crippen molar-refractivity contribution in [3.05, 3.63) is 17.5 Å². The molecule has 0 bridgehead atoms. The molecule has 1 aliphatic rings. The largest absolute Gasteiger partial charge is 0.481 e. The van der Waals surface area contributed by atoms with E-state index in [0.29, 0.717) is 24.4 Å². The lowest BCUT2D eigenvalue weighted by atomic mass is 10.2. The van der Waals surface area contributed by atoms with E-state index in [1.165, 1.54) is 0 Å². The molecule has 0 spiro atoms. The highest BCUT2D eigenvalue weighted by Gasteiger charge is 2.25. The van der Waals surface area contributed by atoms with Gasteiger partial charge in [0.05, 0.1) is 23.8 Å². The molecule has 7 heteroatoms. The van der Waals surface area contributed by atoms with Crippen LogP contribution in [0.25, 0.3) is 0 Å². The molecule has 2 heterocycles. The molecule has 1 atom stereocenters. The number of nitrogens with zero attached hydrogens (tertiary/aromatic N) is 3. The van der Waals surface area contributed by atoms with Crippen molar-refractivity contribution in [2.24, 2.45) is 7.05 Å². The Labute approximate surface area is 123 Å². The lowest BCUT2D eigenvalue weighted by Gasteiger charge is -2.24. The second kappa shape index (κ2) is 6.71. The minimum Gasteiger partial charge on any atom is -0.481 e. The molecule has 116 valence electrons. The van der Waals surface area contributed by atoms with Gasteiger partial charge in [0.25, 0.3) is 5.91 Å². The Kier molecular flexibility index (Phi) is 4.95. The standard InChI is InChI=1S/C14H21N3O4/c1-10-12(9-16(2)15-10)14(20)17(6-5-13(18)19)8-11-4-3-7-21-11/h9,11H,3-8H2,1-2H3,(H,18,19)/t11-/m1/s1. The Morgan fingerprint density at radius 3 is 2.86 bits per heavy atom. The van der Waals surface area contributed by atoms with Gasteiger partial charge >= 0.3 is 5.97 Å². The van der Waals surface area contributed by atoms with Crippen LogP contribution in [0.15, 0.2) is 6.20 Å². The molecule has 1 aromatic rings. The monoisotopic (exact) mass is 295 g/mol. The molecule has 1 saturated heterocycles. The van der Waals surface area contributed by atoms with E-state index in [1.54, 1.807) is 29.7 Å². The predicted octanol–water partition coefficient (Wildman–Crippen LogP) is 0.824. The van der Waals surface area contributed by atoms with E-state index in [0.717, 1.165) is 12.8 Å². The first kappa shape index (κ1) is 15.5. The van der Waals surface area contributed by atoms with Crippen molar-refractivity contribution in [2.75, 3.05) is 19.7 Å². The highest BCUT2D eigenvalue weighted by molar-refractivity contribution is 5.95. The average Bonchev–Trinajstić information content (AvgIpc) is 3.03. The fraction of sp³-hybridized carbons (Fsp3) is 0.643. The Balaban J connectivity index is 2.10. The minimum atomic E-state index is -0.914. The van der Waals surface area contributed by atoms with E-state index in [2.05, 4.69) is 5.10 Å². The van der Waals surface area contributed by atoms with Gasteiger partial charge in [-0.3, -0.25) is 14.3 Å². The summed E-state index contributed by atoms with van der Waals surface area (Å²) in [7, 11) is 1.76. The maximum absolute atomic E-state index is 12.6. The molecule has 1 fully saturated rings. The third-order valence-electron chi connectivity index (χ3n) is 3.57. The molecule has 0 saturated carbocycles. The van der Waals surface area contributed by atoms with Crippen LogP contribution in [0.4, 0.5) is 0 Å². The van der Waals surface area contributed by atoms with Crippen LogP contribution in [0.3, 0.4) is 0 Å². The van der Waals surface area contributed by atoms with Crippen molar-refractivity contribution in [2.45, 2.75) is 32.3 Å². The summed E-state index contributed by atoms with van der Waals surface area (Å²) in [6, 6.07) is 0. The summed E-state index contributed by atoms with van der Waals surface area (Å²) in [4.78, 5) is 25.0. The zero-order valence-corrected chi connectivity index (χ0v) is 12.4. The van der Waals surface area contributed by atoms with Crippen LogP contribution in [0.1, 0.15) is 35.3 Å². The zero-order valence-electron chi connectivity index (χ0n) is 12.4. The molecule has 1 amide bonds. The molecule has 1 aliphatic heterocycles. The number of rotatable bonds is 6. The summed E-state index contributed by atoms with van der Waals surface area (Å²) < 4.78 is 7.14. The van der Waals surface area contributed by atoms with Crippen LogP contribution < -0.4 is 0 Å². The Bertz CT molecular complexity index is 520. The van der Waals surface area contributed by atoms with Crippen LogP contribution in [0, 0.1) is 6.92 Å². The van der Waals surface area contributed by atoms with Crippen LogP contribution in [-0.4, -0.2) is 57.5 Å². The number of carbonyl (C=O) groups excluding carboxylic acids is 1. The topological polar surface area (TPSA) is 84.7 Å². The first-order valence-corrected chi connectivity index (χ1v) is 7.10. The maximum Gasteiger partial charge on any atom is 0.305 e. The summed E-state index contributed by atoms with van der Waals surface area (Å²) in [5.41, 5.74) is 1.16. The van der Waals surface area contributed by atoms with E-state index in [1.807, 2.05) is 0 Å². The predicted molar refractivity (Wildman–Crippen MR) is 75.1 cm³/mol. The van der Waals surface area contributed by atoms with Gasteiger partial charge in [0.2, 0.25) is 0 Å². The van der Waals surface area contributed by atoms with Crippen molar-refractivity contribution in [1.82, 2.24) is 14.7 Å². The Hall–Kier alpha value is -1.89. The molecule has 0 unspecified atom stereocenters. The molecule has 2 rings (SSSR count). The first-order valence-electron chi connectivity index (χ1n) is 7.10. The van der Waals surface area contributed by atoms with Gasteiger partial charge in [-0.05, 0) is 19.8 Å². The summed E-state index contributed by atoms with van der Waals surface area (Å²) in [6.45, 7) is 3.09. The molecule has 0 aromatic carbocycles. The van der Waals surface area contributed by atoms with Gasteiger partial charge in [-0.2, -0.15) is 5.10 Å². The lowest BCUT2D eigenvalue weighted by molar-refractivity contribution is -0.137. The van der Waals surface area contributed by atoms with Crippen molar-refractivity contribution in [1.29, 1.82) is 0 Å². The smallest absolute Gasteiger partial charge is 0.305 e. The highest BCUT2D eigenvalue weighted by Crippen LogP contribution is 2.16. The molecular formula is C14H21N3O4. The summed E-state index contributed by atoms with van der Waals surface area (Å²) in [5.74, 6) is -1.10. The number of hydrogen-bond donors (Lipinski definition) is 1. The number of aromatic nitrogens is 2. The maximum atomic E-state index is 12.6. The molecule has 1 N–H and O–H groups in total. The number of ether oxygens (including phenoxy) is 1. The van der Waals surface area contributed by atoms with Crippen LogP contribution in [-0.2, 0) is 16.6 Å². The second-order valence-electron chi connectivity index (χ2n) is 5.33. The molecule has 21 heavy (non-hydrogen) atoms. The van der Waals surface area contributed by atoms with Gasteiger partial charge in [-0.25, -0.2) is 0 Å². The van der Waals surface area contributed by atoms with Crippen molar-refractivity contribution in [3.8, 4) is 0 Å². The van der Waals surface area contributed by atoms with Crippen molar-refractivity contribution >= 4 is 11.9 Å². The minimum absolute atomic E-state index is 0.000257. The van der Waals surface area contributed by atoms with Gasteiger partial charge in [-0.1, -0.05) is 0 Å². The third kappa shape index (κ3) is 4.04. The third-order valence-corrected chi connectivity index (χ3v) is 3.57. The van der Waals surface area contributed by atoms with E-state index in [-0.39, 0.29) is 25.0 Å². The van der Waals surface area contributed by atoms with Gasteiger partial charge in [-0.15, -0.1) is 0 Å². The number of carboxylic acids is 1. The number of carbonyl (C=O) groups is 2. The van der Waals surface area contributed by atoms with Gasteiger partial charge in [0.15, 0.2) is 0 Å². The highest BCUT2D eigenvalue weighted by atomic mass is 16.5. The molecule has 7 nitrogen and oxygen atoms in total. The number of aryl methyl sites for hydroxylation is 2. The normalized spacial score (nSPS) is 17.9. The Morgan fingerprint density at radius 2 is 2.33 bits per heavy atom. The van der Waals surface area contributed by atoms with Crippen LogP contribution in [0.2, 0.25) is 0 Å². The average molecular weight is 295 g/mol. The quantitative estimate of drug-likeness (QED) is 0.840. The van der Waals surface area contributed by atoms with E-state index >= 15 is 0 Å². The first-order chi connectivity index (χ1) is 9.97. The van der Waals surface area contributed by atoms with E-state index < -0.39 is 5.97 Å². The van der Waals surface area contributed by atoms with E-state index in [9.17, 15) is 9.59 Å². The number of hydrogen-bond acceptors (Lipinski definition) is 4. The SMILES string of the molecule is Cc1nn(C)cc1C(=O)N(CCC(=O)O)C[C@H]1CCCO1. The fourth-order valence-corrected chi connectivity index (χ4v) is 2.52. The number of aliphatic carboxylic acids is 1. The summed E-state index contributed by atoms with van der Waals surface area (Å²) in [6.07, 6.45) is 3.48. The lowest BCUT2D eigenvalue weighted by Crippen LogP contribution is -2.39.